The zero-order valence-corrected chi connectivity index (χ0v) is 9.94. The molecule has 2 heterocycles. The van der Waals surface area contributed by atoms with E-state index in [4.69, 9.17) is 0 Å². The minimum absolute atomic E-state index is 0.0568. The van der Waals surface area contributed by atoms with Crippen LogP contribution in [-0.2, 0) is 9.53 Å². The summed E-state index contributed by atoms with van der Waals surface area (Å²) in [4.78, 5) is 15.7. The van der Waals surface area contributed by atoms with E-state index in [2.05, 4.69) is 4.74 Å². The van der Waals surface area contributed by atoms with Gasteiger partial charge in [0.1, 0.15) is 0 Å². The summed E-state index contributed by atoms with van der Waals surface area (Å²) in [5.41, 5.74) is 0. The molecule has 0 N–H and O–H groups in total. The van der Waals surface area contributed by atoms with Gasteiger partial charge in [0.25, 0.3) is 0 Å². The first-order valence-corrected chi connectivity index (χ1v) is 6.00. The maximum Gasteiger partial charge on any atom is 0.345 e. The Kier molecular flexibility index (Phi) is 3.93. The summed E-state index contributed by atoms with van der Waals surface area (Å²) in [6.07, 6.45) is 2.56. The molecule has 2 saturated heterocycles. The molecule has 1 unspecified atom stereocenters. The molecule has 6 heteroatoms. The van der Waals surface area contributed by atoms with Gasteiger partial charge in [0.05, 0.1) is 12.1 Å². The number of likely N-dealkylation sites (tertiary alicyclic amines) is 2. The molecule has 98 valence electrons. The van der Waals surface area contributed by atoms with Gasteiger partial charge in [-0.15, -0.1) is 0 Å². The quantitative estimate of drug-likeness (QED) is 0.744. The van der Waals surface area contributed by atoms with E-state index in [9.17, 15) is 13.6 Å². The second kappa shape index (κ2) is 5.27. The normalized spacial score (nSPS) is 27.3. The predicted molar refractivity (Wildman–Crippen MR) is 57.7 cm³/mol. The molecule has 0 bridgehead atoms. The largest absolute Gasteiger partial charge is 0.345 e. The number of carbonyl (C=O) groups is 1. The number of hydrogen-bond acceptors (Lipinski definition) is 3. The number of piperidine rings is 1. The van der Waals surface area contributed by atoms with Crippen LogP contribution in [0.25, 0.3) is 0 Å². The number of hydrogen-bond donors (Lipinski definition) is 0. The van der Waals surface area contributed by atoms with Gasteiger partial charge in [0.2, 0.25) is 5.91 Å². The second-order valence-corrected chi connectivity index (χ2v) is 4.75. The summed E-state index contributed by atoms with van der Waals surface area (Å²) >= 11 is 0. The molecule has 2 fully saturated rings. The van der Waals surface area contributed by atoms with Crippen molar-refractivity contribution in [3.63, 3.8) is 0 Å². The first-order chi connectivity index (χ1) is 8.08. The molecule has 0 aromatic heterocycles. The summed E-state index contributed by atoms with van der Waals surface area (Å²) in [5.74, 6) is 0.0568. The summed E-state index contributed by atoms with van der Waals surface area (Å²) in [6, 6.07) is -0.0729. The van der Waals surface area contributed by atoms with Crippen LogP contribution >= 0.6 is 0 Å². The standard InChI is InChI=1S/C11H18F2N2O2/c1-14-5-3-2-4-9(14)10(16)15-6-8(7-15)17-11(12)13/h8-9,11H,2-7H2,1H3. The van der Waals surface area contributed by atoms with Crippen LogP contribution in [0.1, 0.15) is 19.3 Å². The molecular formula is C11H18F2N2O2. The van der Waals surface area contributed by atoms with E-state index in [0.717, 1.165) is 25.8 Å². The van der Waals surface area contributed by atoms with Gasteiger partial charge < -0.3 is 9.64 Å². The van der Waals surface area contributed by atoms with E-state index in [1.807, 2.05) is 11.9 Å². The molecule has 2 aliphatic heterocycles. The third kappa shape index (κ3) is 2.93. The predicted octanol–water partition coefficient (Wildman–Crippen LogP) is 0.921. The lowest BCUT2D eigenvalue weighted by Gasteiger charge is -2.43. The lowest BCUT2D eigenvalue weighted by Crippen LogP contribution is -2.60. The average molecular weight is 248 g/mol. The smallest absolute Gasteiger partial charge is 0.336 e. The number of nitrogens with zero attached hydrogens (tertiary/aromatic N) is 2. The third-order valence-corrected chi connectivity index (χ3v) is 3.51. The first-order valence-electron chi connectivity index (χ1n) is 6.00. The van der Waals surface area contributed by atoms with Gasteiger partial charge in [0, 0.05) is 13.1 Å². The minimum atomic E-state index is -2.74. The number of carbonyl (C=O) groups excluding carboxylic acids is 1. The summed E-state index contributed by atoms with van der Waals surface area (Å²) in [5, 5.41) is 0. The molecule has 0 spiro atoms. The van der Waals surface area contributed by atoms with Crippen LogP contribution in [0.2, 0.25) is 0 Å². The highest BCUT2D eigenvalue weighted by Gasteiger charge is 2.38. The van der Waals surface area contributed by atoms with Gasteiger partial charge in [-0.1, -0.05) is 6.42 Å². The number of halogens is 2. The first kappa shape index (κ1) is 12.7. The van der Waals surface area contributed by atoms with Crippen LogP contribution < -0.4 is 0 Å². The van der Waals surface area contributed by atoms with Crippen molar-refractivity contribution in [1.29, 1.82) is 0 Å². The molecule has 17 heavy (non-hydrogen) atoms. The molecular weight excluding hydrogens is 230 g/mol. The molecule has 4 nitrogen and oxygen atoms in total. The fourth-order valence-electron chi connectivity index (χ4n) is 2.45. The molecule has 0 saturated carbocycles. The zero-order valence-electron chi connectivity index (χ0n) is 9.94. The van der Waals surface area contributed by atoms with Crippen LogP contribution in [0, 0.1) is 0 Å². The van der Waals surface area contributed by atoms with E-state index >= 15 is 0 Å². The van der Waals surface area contributed by atoms with Gasteiger partial charge in [-0.3, -0.25) is 9.69 Å². The summed E-state index contributed by atoms with van der Waals surface area (Å²) in [7, 11) is 1.94. The Hall–Kier alpha value is -0.750. The van der Waals surface area contributed by atoms with Gasteiger partial charge in [0.15, 0.2) is 0 Å². The lowest BCUT2D eigenvalue weighted by atomic mass is 10.00. The third-order valence-electron chi connectivity index (χ3n) is 3.51. The van der Waals surface area contributed by atoms with Crippen LogP contribution in [-0.4, -0.2) is 61.1 Å². The van der Waals surface area contributed by atoms with E-state index in [0.29, 0.717) is 13.1 Å². The molecule has 2 aliphatic rings. The molecule has 1 amide bonds. The van der Waals surface area contributed by atoms with Crippen molar-refractivity contribution in [3.05, 3.63) is 0 Å². The Bertz CT molecular complexity index is 283. The van der Waals surface area contributed by atoms with Crippen molar-refractivity contribution < 1.29 is 18.3 Å². The molecule has 1 atom stereocenters. The SMILES string of the molecule is CN1CCCCC1C(=O)N1CC(OC(F)F)C1. The Labute approximate surface area is 99.5 Å². The second-order valence-electron chi connectivity index (χ2n) is 4.75. The highest BCUT2D eigenvalue weighted by Crippen LogP contribution is 2.21. The fourth-order valence-corrected chi connectivity index (χ4v) is 2.45. The fraction of sp³-hybridized carbons (Fsp3) is 0.909. The average Bonchev–Trinajstić information content (AvgIpc) is 2.22. The van der Waals surface area contributed by atoms with Gasteiger partial charge in [-0.25, -0.2) is 0 Å². The highest BCUT2D eigenvalue weighted by atomic mass is 19.3. The van der Waals surface area contributed by atoms with Crippen LogP contribution in [0.5, 0.6) is 0 Å². The Balaban J connectivity index is 1.78. The Morgan fingerprint density at radius 2 is 2.06 bits per heavy atom. The van der Waals surface area contributed by atoms with Crippen molar-refractivity contribution in [2.45, 2.75) is 38.0 Å². The van der Waals surface area contributed by atoms with E-state index in [-0.39, 0.29) is 11.9 Å². The monoisotopic (exact) mass is 248 g/mol. The van der Waals surface area contributed by atoms with Gasteiger partial charge in [-0.05, 0) is 26.4 Å². The maximum atomic E-state index is 12.1. The number of amides is 1. The number of rotatable bonds is 3. The molecule has 0 aromatic carbocycles. The molecule has 2 rings (SSSR count). The number of likely N-dealkylation sites (N-methyl/N-ethyl adjacent to an activating group) is 1. The van der Waals surface area contributed by atoms with E-state index in [1.54, 1.807) is 4.90 Å². The van der Waals surface area contributed by atoms with Crippen molar-refractivity contribution in [2.24, 2.45) is 0 Å². The number of ether oxygens (including phenoxy) is 1. The van der Waals surface area contributed by atoms with Crippen molar-refractivity contribution in [1.82, 2.24) is 9.80 Å². The zero-order chi connectivity index (χ0) is 12.4. The topological polar surface area (TPSA) is 32.8 Å². The molecule has 0 radical (unpaired) electrons. The van der Waals surface area contributed by atoms with Gasteiger partial charge >= 0.3 is 6.61 Å². The summed E-state index contributed by atoms with van der Waals surface area (Å²) < 4.78 is 28.2. The van der Waals surface area contributed by atoms with Crippen LogP contribution in [0.3, 0.4) is 0 Å². The van der Waals surface area contributed by atoms with Crippen molar-refractivity contribution in [2.75, 3.05) is 26.7 Å². The summed E-state index contributed by atoms with van der Waals surface area (Å²) in [6.45, 7) is -1.21. The highest BCUT2D eigenvalue weighted by molar-refractivity contribution is 5.82. The Morgan fingerprint density at radius 1 is 1.35 bits per heavy atom. The lowest BCUT2D eigenvalue weighted by molar-refractivity contribution is -0.200. The van der Waals surface area contributed by atoms with E-state index in [1.165, 1.54) is 0 Å². The minimum Gasteiger partial charge on any atom is -0.336 e. The van der Waals surface area contributed by atoms with Crippen molar-refractivity contribution >= 4 is 5.91 Å². The van der Waals surface area contributed by atoms with E-state index < -0.39 is 12.7 Å². The molecule has 0 aromatic rings. The van der Waals surface area contributed by atoms with Crippen LogP contribution in [0.4, 0.5) is 8.78 Å². The van der Waals surface area contributed by atoms with Crippen molar-refractivity contribution in [3.8, 4) is 0 Å². The molecule has 0 aliphatic carbocycles. The van der Waals surface area contributed by atoms with Gasteiger partial charge in [-0.2, -0.15) is 8.78 Å². The van der Waals surface area contributed by atoms with Crippen LogP contribution in [0.15, 0.2) is 0 Å². The number of alkyl halides is 2. The maximum absolute atomic E-state index is 12.1. The Morgan fingerprint density at radius 3 is 2.65 bits per heavy atom.